The summed E-state index contributed by atoms with van der Waals surface area (Å²) in [6.45, 7) is 4.71. The second kappa shape index (κ2) is 14.5. The van der Waals surface area contributed by atoms with Gasteiger partial charge in [0.25, 0.3) is 0 Å². The predicted octanol–water partition coefficient (Wildman–Crippen LogP) is 6.11. The second-order valence-electron chi connectivity index (χ2n) is 9.06. The molecule has 2 aliphatic carbocycles. The summed E-state index contributed by atoms with van der Waals surface area (Å²) in [7, 11) is 0. The van der Waals surface area contributed by atoms with Gasteiger partial charge in [-0.05, 0) is 102 Å². The fraction of sp³-hybridized carbons (Fsp3) is 0.731. The first-order valence-corrected chi connectivity index (χ1v) is 12.0. The zero-order valence-corrected chi connectivity index (χ0v) is 19.1. The van der Waals surface area contributed by atoms with E-state index in [0.717, 1.165) is 56.8 Å². The van der Waals surface area contributed by atoms with E-state index in [1.807, 2.05) is 13.8 Å². The number of carbonyl (C=O) groups is 1. The van der Waals surface area contributed by atoms with Gasteiger partial charge in [-0.15, -0.1) is 0 Å². The van der Waals surface area contributed by atoms with Crippen LogP contribution in [-0.2, 0) is 14.3 Å². The number of rotatable bonds is 14. The van der Waals surface area contributed by atoms with Gasteiger partial charge in [-0.2, -0.15) is 0 Å². The molecular weight excluding hydrogens is 376 g/mol. The number of hydrogen-bond donors (Lipinski definition) is 1. The lowest BCUT2D eigenvalue weighted by molar-refractivity contribution is -0.147. The minimum atomic E-state index is -0.123. The molecule has 0 radical (unpaired) electrons. The fourth-order valence-electron chi connectivity index (χ4n) is 4.52. The molecule has 0 aliphatic heterocycles. The largest absolute Gasteiger partial charge is 0.494 e. The van der Waals surface area contributed by atoms with Crippen molar-refractivity contribution in [3.05, 3.63) is 36.1 Å². The van der Waals surface area contributed by atoms with Gasteiger partial charge in [0, 0.05) is 13.0 Å². The van der Waals surface area contributed by atoms with E-state index in [-0.39, 0.29) is 18.7 Å². The molecule has 1 saturated carbocycles. The number of aliphatic hydroxyl groups excluding tert-OH is 1. The Bertz CT molecular complexity index is 576. The Morgan fingerprint density at radius 1 is 1.27 bits per heavy atom. The highest BCUT2D eigenvalue weighted by atomic mass is 16.5. The number of allylic oxidation sites excluding steroid dienone is 4. The second-order valence-corrected chi connectivity index (χ2v) is 9.06. The first-order valence-electron chi connectivity index (χ1n) is 12.0. The van der Waals surface area contributed by atoms with Crippen molar-refractivity contribution in [2.75, 3.05) is 13.2 Å². The van der Waals surface area contributed by atoms with E-state index in [1.54, 1.807) is 0 Å². The molecule has 4 heteroatoms. The molecule has 2 aliphatic rings. The zero-order valence-electron chi connectivity index (χ0n) is 19.1. The summed E-state index contributed by atoms with van der Waals surface area (Å²) in [6, 6.07) is 0. The minimum absolute atomic E-state index is 0.0498. The molecule has 1 N–H and O–H groups in total. The molecule has 0 amide bonds. The quantitative estimate of drug-likeness (QED) is 0.210. The first-order chi connectivity index (χ1) is 14.6. The van der Waals surface area contributed by atoms with Gasteiger partial charge >= 0.3 is 5.97 Å². The molecule has 0 heterocycles. The van der Waals surface area contributed by atoms with Crippen molar-refractivity contribution in [3.8, 4) is 0 Å². The Morgan fingerprint density at radius 3 is 2.87 bits per heavy atom. The fourth-order valence-corrected chi connectivity index (χ4v) is 4.52. The highest BCUT2D eigenvalue weighted by Crippen LogP contribution is 2.37. The Balaban J connectivity index is 1.62. The average molecular weight is 419 g/mol. The summed E-state index contributed by atoms with van der Waals surface area (Å²) in [4.78, 5) is 11.7. The number of carbonyl (C=O) groups excluding carboxylic acids is 1. The lowest BCUT2D eigenvalue weighted by Crippen LogP contribution is -2.14. The molecule has 170 valence electrons. The summed E-state index contributed by atoms with van der Waals surface area (Å²) in [5, 5.41) is 9.73. The van der Waals surface area contributed by atoms with Crippen LogP contribution in [0.15, 0.2) is 36.1 Å². The predicted molar refractivity (Wildman–Crippen MR) is 122 cm³/mol. The molecule has 3 atom stereocenters. The molecule has 0 aromatic rings. The Morgan fingerprint density at radius 2 is 2.13 bits per heavy atom. The van der Waals surface area contributed by atoms with E-state index in [9.17, 15) is 9.90 Å². The van der Waals surface area contributed by atoms with Crippen molar-refractivity contribution < 1.29 is 19.4 Å². The molecule has 0 spiro atoms. The molecule has 30 heavy (non-hydrogen) atoms. The highest BCUT2D eigenvalue weighted by molar-refractivity contribution is 5.69. The number of hydrogen-bond acceptors (Lipinski definition) is 4. The van der Waals surface area contributed by atoms with Crippen LogP contribution in [0.25, 0.3) is 0 Å². The van der Waals surface area contributed by atoms with Crippen molar-refractivity contribution in [2.24, 2.45) is 17.8 Å². The third-order valence-corrected chi connectivity index (χ3v) is 6.18. The van der Waals surface area contributed by atoms with Gasteiger partial charge in [-0.1, -0.05) is 24.6 Å². The third kappa shape index (κ3) is 9.97. The van der Waals surface area contributed by atoms with Crippen LogP contribution in [0, 0.1) is 17.8 Å². The van der Waals surface area contributed by atoms with E-state index in [0.29, 0.717) is 18.3 Å². The van der Waals surface area contributed by atoms with Gasteiger partial charge in [0.2, 0.25) is 0 Å². The third-order valence-electron chi connectivity index (χ3n) is 6.18. The summed E-state index contributed by atoms with van der Waals surface area (Å²) in [5.41, 5.74) is 0. The molecule has 0 aromatic carbocycles. The summed E-state index contributed by atoms with van der Waals surface area (Å²) < 4.78 is 11.0. The smallest absolute Gasteiger partial charge is 0.306 e. The summed E-state index contributed by atoms with van der Waals surface area (Å²) in [6.07, 6.45) is 22.5. The Labute approximate surface area is 183 Å². The number of aliphatic hydroxyl groups is 1. The van der Waals surface area contributed by atoms with Crippen molar-refractivity contribution in [2.45, 2.75) is 90.6 Å². The number of ether oxygens (including phenoxy) is 2. The van der Waals surface area contributed by atoms with E-state index < -0.39 is 0 Å². The van der Waals surface area contributed by atoms with Gasteiger partial charge in [0.05, 0.1) is 12.7 Å². The highest BCUT2D eigenvalue weighted by Gasteiger charge is 2.25. The normalized spacial score (nSPS) is 22.5. The first kappa shape index (κ1) is 24.7. The Hall–Kier alpha value is -1.55. The Kier molecular flexibility index (Phi) is 11.9. The van der Waals surface area contributed by atoms with Crippen LogP contribution in [0.3, 0.4) is 0 Å². The summed E-state index contributed by atoms with van der Waals surface area (Å²) >= 11 is 0. The van der Waals surface area contributed by atoms with Gasteiger partial charge < -0.3 is 14.6 Å². The van der Waals surface area contributed by atoms with Crippen LogP contribution in [0.2, 0.25) is 0 Å². The van der Waals surface area contributed by atoms with Gasteiger partial charge in [-0.25, -0.2) is 0 Å². The minimum Gasteiger partial charge on any atom is -0.494 e. The van der Waals surface area contributed by atoms with Crippen LogP contribution in [0.5, 0.6) is 0 Å². The van der Waals surface area contributed by atoms with E-state index in [4.69, 9.17) is 9.47 Å². The van der Waals surface area contributed by atoms with Crippen molar-refractivity contribution >= 4 is 5.97 Å². The molecule has 1 fully saturated rings. The molecule has 0 unspecified atom stereocenters. The standard InChI is InChI=1S/C26H42O4/c1-21(2)30-26(28)16-8-10-22(20-27)17-18-24-13-9-12-23(24)11-6-7-19-29-25-14-4-3-5-15-25/h4,6,11,14-15,21-24,27H,3,5,7-10,12-13,16-20H2,1-2H3/b11-6+/t22-,23-,24+/m0/s1. The monoisotopic (exact) mass is 418 g/mol. The molecule has 0 bridgehead atoms. The van der Waals surface area contributed by atoms with Crippen molar-refractivity contribution in [1.29, 1.82) is 0 Å². The van der Waals surface area contributed by atoms with Crippen LogP contribution in [0.1, 0.15) is 84.5 Å². The lowest BCUT2D eigenvalue weighted by atomic mass is 9.86. The van der Waals surface area contributed by atoms with Crippen LogP contribution >= 0.6 is 0 Å². The lowest BCUT2D eigenvalue weighted by Gasteiger charge is -2.20. The van der Waals surface area contributed by atoms with Gasteiger partial charge in [-0.3, -0.25) is 4.79 Å². The molecule has 4 nitrogen and oxygen atoms in total. The van der Waals surface area contributed by atoms with Gasteiger partial charge in [0.15, 0.2) is 0 Å². The van der Waals surface area contributed by atoms with Crippen molar-refractivity contribution in [3.63, 3.8) is 0 Å². The SMILES string of the molecule is CC(C)OC(=O)CCC[C@H](CO)CC[C@H]1CCC[C@@H]1/C=C/CCOC1=CCCC=C1. The average Bonchev–Trinajstić information content (AvgIpc) is 3.18. The van der Waals surface area contributed by atoms with Crippen LogP contribution in [0.4, 0.5) is 0 Å². The maximum Gasteiger partial charge on any atom is 0.306 e. The maximum absolute atomic E-state index is 11.7. The van der Waals surface area contributed by atoms with E-state index in [2.05, 4.69) is 30.4 Å². The summed E-state index contributed by atoms with van der Waals surface area (Å²) in [5.74, 6) is 2.58. The van der Waals surface area contributed by atoms with Gasteiger partial charge in [0.1, 0.15) is 5.76 Å². The molecular formula is C26H42O4. The van der Waals surface area contributed by atoms with Crippen LogP contribution in [-0.4, -0.2) is 30.4 Å². The maximum atomic E-state index is 11.7. The van der Waals surface area contributed by atoms with E-state index in [1.165, 1.54) is 25.7 Å². The van der Waals surface area contributed by atoms with E-state index >= 15 is 0 Å². The molecule has 0 aromatic heterocycles. The molecule has 0 saturated heterocycles. The number of esters is 1. The van der Waals surface area contributed by atoms with Crippen LogP contribution < -0.4 is 0 Å². The molecule has 2 rings (SSSR count). The van der Waals surface area contributed by atoms with Crippen molar-refractivity contribution in [1.82, 2.24) is 0 Å². The zero-order chi connectivity index (χ0) is 21.6. The topological polar surface area (TPSA) is 55.8 Å².